The molecule has 1 aromatic rings. The number of rotatable bonds is 5. The number of alkyl halides is 3. The van der Waals surface area contributed by atoms with Crippen molar-refractivity contribution in [3.63, 3.8) is 0 Å². The Hall–Kier alpha value is -1.01. The Balaban J connectivity index is 2.64. The van der Waals surface area contributed by atoms with E-state index in [9.17, 15) is 13.2 Å². The zero-order valence-corrected chi connectivity index (χ0v) is 11.4. The van der Waals surface area contributed by atoms with Crippen LogP contribution in [-0.2, 0) is 6.54 Å². The molecule has 0 aromatic heterocycles. The molecule has 0 amide bonds. The first-order chi connectivity index (χ1) is 8.28. The minimum Gasteiger partial charge on any atom is -0.405 e. The molecule has 0 radical (unpaired) electrons. The topological polar surface area (TPSA) is 21.3 Å². The third kappa shape index (κ3) is 5.55. The number of hydrogen-bond donors (Lipinski definition) is 1. The average molecular weight is 324 g/mol. The molecular formula is C12H13BrF3NO. The SMILES string of the molecule is C=C(C)CNCc1ccc(OC(F)(F)F)c(Br)c1. The minimum atomic E-state index is -4.68. The van der Waals surface area contributed by atoms with Crippen molar-refractivity contribution in [1.29, 1.82) is 0 Å². The number of nitrogens with one attached hydrogen (secondary N) is 1. The highest BCUT2D eigenvalue weighted by Crippen LogP contribution is 2.30. The fraction of sp³-hybridized carbons (Fsp3) is 0.333. The van der Waals surface area contributed by atoms with E-state index in [0.29, 0.717) is 13.1 Å². The van der Waals surface area contributed by atoms with E-state index in [2.05, 4.69) is 32.6 Å². The molecule has 0 unspecified atom stereocenters. The second-order valence-corrected chi connectivity index (χ2v) is 4.73. The molecule has 6 heteroatoms. The summed E-state index contributed by atoms with van der Waals surface area (Å²) in [6.07, 6.45) is -4.68. The lowest BCUT2D eigenvalue weighted by atomic mass is 10.2. The lowest BCUT2D eigenvalue weighted by molar-refractivity contribution is -0.274. The monoisotopic (exact) mass is 323 g/mol. The summed E-state index contributed by atoms with van der Waals surface area (Å²) in [6, 6.07) is 4.46. The Kier molecular flexibility index (Phi) is 5.22. The average Bonchev–Trinajstić information content (AvgIpc) is 2.19. The highest BCUT2D eigenvalue weighted by atomic mass is 79.9. The van der Waals surface area contributed by atoms with Gasteiger partial charge in [0.25, 0.3) is 0 Å². The van der Waals surface area contributed by atoms with Gasteiger partial charge in [-0.1, -0.05) is 18.2 Å². The van der Waals surface area contributed by atoms with Gasteiger partial charge in [-0.2, -0.15) is 0 Å². The van der Waals surface area contributed by atoms with Gasteiger partial charge in [-0.25, -0.2) is 0 Å². The second-order valence-electron chi connectivity index (χ2n) is 3.87. The van der Waals surface area contributed by atoms with Gasteiger partial charge >= 0.3 is 6.36 Å². The Morgan fingerprint density at radius 2 is 2.11 bits per heavy atom. The van der Waals surface area contributed by atoms with Crippen LogP contribution in [0.15, 0.2) is 34.8 Å². The van der Waals surface area contributed by atoms with E-state index >= 15 is 0 Å². The van der Waals surface area contributed by atoms with Gasteiger partial charge in [0, 0.05) is 13.1 Å². The van der Waals surface area contributed by atoms with Crippen LogP contribution in [0.5, 0.6) is 5.75 Å². The molecule has 0 aliphatic rings. The molecule has 0 saturated carbocycles. The number of hydrogen-bond acceptors (Lipinski definition) is 2. The third-order valence-electron chi connectivity index (χ3n) is 1.98. The van der Waals surface area contributed by atoms with Crippen LogP contribution in [0.4, 0.5) is 13.2 Å². The summed E-state index contributed by atoms with van der Waals surface area (Å²) in [5.41, 5.74) is 1.85. The molecule has 0 spiro atoms. The van der Waals surface area contributed by atoms with Crippen LogP contribution in [-0.4, -0.2) is 12.9 Å². The van der Waals surface area contributed by atoms with E-state index < -0.39 is 6.36 Å². The zero-order valence-electron chi connectivity index (χ0n) is 9.77. The Morgan fingerprint density at radius 3 is 2.61 bits per heavy atom. The molecule has 0 fully saturated rings. The van der Waals surface area contributed by atoms with E-state index in [0.717, 1.165) is 11.1 Å². The molecule has 1 N–H and O–H groups in total. The van der Waals surface area contributed by atoms with Crippen molar-refractivity contribution in [3.8, 4) is 5.75 Å². The summed E-state index contributed by atoms with van der Waals surface area (Å²) < 4.78 is 40.3. The summed E-state index contributed by atoms with van der Waals surface area (Å²) >= 11 is 3.05. The molecule has 1 rings (SSSR count). The first kappa shape index (κ1) is 15.0. The van der Waals surface area contributed by atoms with Crippen molar-refractivity contribution in [2.24, 2.45) is 0 Å². The van der Waals surface area contributed by atoms with Crippen molar-refractivity contribution in [2.75, 3.05) is 6.54 Å². The lowest BCUT2D eigenvalue weighted by Crippen LogP contribution is -2.18. The smallest absolute Gasteiger partial charge is 0.405 e. The van der Waals surface area contributed by atoms with Crippen LogP contribution < -0.4 is 10.1 Å². The van der Waals surface area contributed by atoms with E-state index in [1.165, 1.54) is 6.07 Å². The van der Waals surface area contributed by atoms with Gasteiger partial charge in [0.1, 0.15) is 5.75 Å². The van der Waals surface area contributed by atoms with Crippen LogP contribution >= 0.6 is 15.9 Å². The van der Waals surface area contributed by atoms with Gasteiger partial charge in [-0.3, -0.25) is 0 Å². The number of ether oxygens (including phenoxy) is 1. The Labute approximate surface area is 112 Å². The van der Waals surface area contributed by atoms with Gasteiger partial charge < -0.3 is 10.1 Å². The van der Waals surface area contributed by atoms with Crippen LogP contribution in [0.1, 0.15) is 12.5 Å². The maximum absolute atomic E-state index is 12.0. The predicted octanol–water partition coefficient (Wildman–Crippen LogP) is 4.01. The van der Waals surface area contributed by atoms with Crippen LogP contribution in [0.25, 0.3) is 0 Å². The highest BCUT2D eigenvalue weighted by molar-refractivity contribution is 9.10. The third-order valence-corrected chi connectivity index (χ3v) is 2.60. The molecule has 100 valence electrons. The molecule has 1 aromatic carbocycles. The normalized spacial score (nSPS) is 11.4. The lowest BCUT2D eigenvalue weighted by Gasteiger charge is -2.12. The molecule has 18 heavy (non-hydrogen) atoms. The molecule has 0 aliphatic heterocycles. The molecule has 0 atom stereocenters. The summed E-state index contributed by atoms with van der Waals surface area (Å²) in [5, 5.41) is 3.11. The van der Waals surface area contributed by atoms with Gasteiger partial charge in [-0.15, -0.1) is 13.2 Å². The molecule has 2 nitrogen and oxygen atoms in total. The summed E-state index contributed by atoms with van der Waals surface area (Å²) in [7, 11) is 0. The van der Waals surface area contributed by atoms with Gasteiger partial charge in [0.2, 0.25) is 0 Å². The molecule has 0 saturated heterocycles. The fourth-order valence-corrected chi connectivity index (χ4v) is 1.79. The summed E-state index contributed by atoms with van der Waals surface area (Å²) in [4.78, 5) is 0. The van der Waals surface area contributed by atoms with Crippen molar-refractivity contribution < 1.29 is 17.9 Å². The molecule has 0 heterocycles. The Morgan fingerprint density at radius 1 is 1.44 bits per heavy atom. The van der Waals surface area contributed by atoms with Crippen molar-refractivity contribution >= 4 is 15.9 Å². The summed E-state index contributed by atoms with van der Waals surface area (Å²) in [5.74, 6) is -0.244. The van der Waals surface area contributed by atoms with E-state index in [1.54, 1.807) is 12.1 Å². The maximum Gasteiger partial charge on any atom is 0.573 e. The van der Waals surface area contributed by atoms with Gasteiger partial charge in [0.05, 0.1) is 4.47 Å². The first-order valence-corrected chi connectivity index (χ1v) is 5.96. The fourth-order valence-electron chi connectivity index (χ4n) is 1.28. The van der Waals surface area contributed by atoms with Crippen molar-refractivity contribution in [3.05, 3.63) is 40.4 Å². The second kappa shape index (κ2) is 6.24. The van der Waals surface area contributed by atoms with Crippen LogP contribution in [0.2, 0.25) is 0 Å². The van der Waals surface area contributed by atoms with Gasteiger partial charge in [-0.05, 0) is 40.5 Å². The Bertz CT molecular complexity index is 432. The molecule has 0 aliphatic carbocycles. The van der Waals surface area contributed by atoms with Crippen molar-refractivity contribution in [1.82, 2.24) is 5.32 Å². The van der Waals surface area contributed by atoms with Crippen molar-refractivity contribution in [2.45, 2.75) is 19.8 Å². The number of benzene rings is 1. The van der Waals surface area contributed by atoms with Crippen LogP contribution in [0, 0.1) is 0 Å². The molecular weight excluding hydrogens is 311 g/mol. The van der Waals surface area contributed by atoms with Crippen LogP contribution in [0.3, 0.4) is 0 Å². The quantitative estimate of drug-likeness (QED) is 0.826. The largest absolute Gasteiger partial charge is 0.573 e. The predicted molar refractivity (Wildman–Crippen MR) is 67.3 cm³/mol. The van der Waals surface area contributed by atoms with E-state index in [1.807, 2.05) is 6.92 Å². The highest BCUT2D eigenvalue weighted by Gasteiger charge is 2.31. The first-order valence-electron chi connectivity index (χ1n) is 5.17. The minimum absolute atomic E-state index is 0.244. The van der Waals surface area contributed by atoms with E-state index in [4.69, 9.17) is 0 Å². The standard InChI is InChI=1S/C12H13BrF3NO/c1-8(2)6-17-7-9-3-4-11(10(13)5-9)18-12(14,15)16/h3-5,17H,1,6-7H2,2H3. The summed E-state index contributed by atoms with van der Waals surface area (Å²) in [6.45, 7) is 6.85. The maximum atomic E-state index is 12.0. The number of halogens is 4. The zero-order chi connectivity index (χ0) is 13.8. The molecule has 0 bridgehead atoms. The van der Waals surface area contributed by atoms with E-state index in [-0.39, 0.29) is 10.2 Å². The van der Waals surface area contributed by atoms with Gasteiger partial charge in [0.15, 0.2) is 0 Å².